The summed E-state index contributed by atoms with van der Waals surface area (Å²) < 4.78 is 0. The highest BCUT2D eigenvalue weighted by molar-refractivity contribution is 5.06. The second-order valence-corrected chi connectivity index (χ2v) is 6.76. The normalized spacial score (nSPS) is 45.5. The van der Waals surface area contributed by atoms with Gasteiger partial charge in [0.25, 0.3) is 0 Å². The summed E-state index contributed by atoms with van der Waals surface area (Å²) in [7, 11) is 3.82. The molecule has 0 radical (unpaired) electrons. The number of nitrogens with zero attached hydrogens (tertiary/aromatic N) is 1. The van der Waals surface area contributed by atoms with E-state index >= 15 is 0 Å². The van der Waals surface area contributed by atoms with Crippen molar-refractivity contribution in [2.75, 3.05) is 20.7 Å². The predicted molar refractivity (Wildman–Crippen MR) is 68.2 cm³/mol. The molecule has 4 fully saturated rings. The molecular weight excluding hydrogens is 212 g/mol. The van der Waals surface area contributed by atoms with Crippen molar-refractivity contribution in [2.45, 2.75) is 44.6 Å². The fraction of sp³-hybridized carbons (Fsp3) is 1.00. The van der Waals surface area contributed by atoms with Gasteiger partial charge in [0.1, 0.15) is 0 Å². The highest BCUT2D eigenvalue weighted by Crippen LogP contribution is 2.61. The summed E-state index contributed by atoms with van der Waals surface area (Å²) in [5.74, 6) is 2.96. The molecule has 4 bridgehead atoms. The monoisotopic (exact) mass is 238 g/mol. The van der Waals surface area contributed by atoms with E-state index < -0.39 is 0 Å². The maximum Gasteiger partial charge on any atom is 0.0575 e. The zero-order valence-electron chi connectivity index (χ0n) is 11.2. The van der Waals surface area contributed by atoms with Crippen LogP contribution in [0.15, 0.2) is 0 Å². The molecule has 4 aliphatic rings. The lowest BCUT2D eigenvalue weighted by atomic mass is 9.47. The Kier molecular flexibility index (Phi) is 2.96. The summed E-state index contributed by atoms with van der Waals surface area (Å²) in [5, 5.41) is 2.02. The van der Waals surface area contributed by atoms with E-state index in [1.807, 2.05) is 5.06 Å². The molecule has 4 aliphatic carbocycles. The lowest BCUT2D eigenvalue weighted by Gasteiger charge is -2.60. The largest absolute Gasteiger partial charge is 0.329 e. The van der Waals surface area contributed by atoms with Gasteiger partial charge in [-0.25, -0.2) is 0 Å². The van der Waals surface area contributed by atoms with Crippen molar-refractivity contribution in [1.82, 2.24) is 5.06 Å². The zero-order valence-corrected chi connectivity index (χ0v) is 11.2. The van der Waals surface area contributed by atoms with Crippen LogP contribution in [0.1, 0.15) is 38.5 Å². The third-order valence-electron chi connectivity index (χ3n) is 5.74. The molecule has 1 atom stereocenters. The van der Waals surface area contributed by atoms with Crippen LogP contribution >= 0.6 is 0 Å². The van der Waals surface area contributed by atoms with E-state index in [1.165, 1.54) is 38.5 Å². The Morgan fingerprint density at radius 1 is 1.18 bits per heavy atom. The fourth-order valence-corrected chi connectivity index (χ4v) is 5.50. The Hall–Kier alpha value is -0.120. The molecule has 2 N–H and O–H groups in total. The standard InChI is InChI=1S/C14H26N2O/c1-16(17-2)13(9-15)14-6-10-3-11(7-14)5-12(4-10)8-14/h10-13H,3-9,15H2,1-2H3. The second kappa shape index (κ2) is 4.22. The van der Waals surface area contributed by atoms with Crippen LogP contribution in [-0.4, -0.2) is 31.8 Å². The van der Waals surface area contributed by atoms with Gasteiger partial charge in [-0.05, 0) is 61.7 Å². The van der Waals surface area contributed by atoms with Crippen LogP contribution in [0.4, 0.5) is 0 Å². The number of likely N-dealkylation sites (N-methyl/N-ethyl adjacent to an activating group) is 1. The minimum absolute atomic E-state index is 0.417. The summed E-state index contributed by atoms with van der Waals surface area (Å²) in [4.78, 5) is 5.45. The van der Waals surface area contributed by atoms with Crippen LogP contribution in [0.2, 0.25) is 0 Å². The first-order valence-corrected chi connectivity index (χ1v) is 7.14. The molecule has 4 rings (SSSR count). The molecule has 98 valence electrons. The number of nitrogens with two attached hydrogens (primary N) is 1. The van der Waals surface area contributed by atoms with E-state index in [9.17, 15) is 0 Å². The number of hydrogen-bond donors (Lipinski definition) is 1. The summed E-state index contributed by atoms with van der Waals surface area (Å²) in [6, 6.07) is 0.417. The van der Waals surface area contributed by atoms with Gasteiger partial charge in [-0.3, -0.25) is 0 Å². The number of hydrogen-bond acceptors (Lipinski definition) is 3. The highest BCUT2D eigenvalue weighted by Gasteiger charge is 2.54. The minimum Gasteiger partial charge on any atom is -0.329 e. The molecule has 0 aromatic heterocycles. The molecule has 17 heavy (non-hydrogen) atoms. The molecular formula is C14H26N2O. The first-order valence-electron chi connectivity index (χ1n) is 7.14. The maximum absolute atomic E-state index is 6.05. The van der Waals surface area contributed by atoms with Gasteiger partial charge in [-0.1, -0.05) is 0 Å². The van der Waals surface area contributed by atoms with Crippen molar-refractivity contribution in [3.8, 4) is 0 Å². The zero-order chi connectivity index (χ0) is 12.0. The predicted octanol–water partition coefficient (Wildman–Crippen LogP) is 2.02. The molecule has 0 spiro atoms. The van der Waals surface area contributed by atoms with Crippen molar-refractivity contribution >= 4 is 0 Å². The third-order valence-corrected chi connectivity index (χ3v) is 5.74. The molecule has 1 unspecified atom stereocenters. The van der Waals surface area contributed by atoms with Gasteiger partial charge in [0.15, 0.2) is 0 Å². The van der Waals surface area contributed by atoms with E-state index in [4.69, 9.17) is 10.6 Å². The van der Waals surface area contributed by atoms with E-state index in [0.717, 1.165) is 24.3 Å². The van der Waals surface area contributed by atoms with Gasteiger partial charge in [0, 0.05) is 13.6 Å². The molecule has 3 nitrogen and oxygen atoms in total. The van der Waals surface area contributed by atoms with Crippen molar-refractivity contribution < 1.29 is 4.84 Å². The van der Waals surface area contributed by atoms with Gasteiger partial charge < -0.3 is 10.6 Å². The van der Waals surface area contributed by atoms with E-state index in [2.05, 4.69) is 7.05 Å². The Morgan fingerprint density at radius 3 is 2.00 bits per heavy atom. The smallest absolute Gasteiger partial charge is 0.0575 e. The molecule has 0 heterocycles. The molecule has 4 saturated carbocycles. The van der Waals surface area contributed by atoms with Crippen LogP contribution in [0.25, 0.3) is 0 Å². The first kappa shape index (κ1) is 11.9. The minimum atomic E-state index is 0.417. The molecule has 0 aromatic carbocycles. The van der Waals surface area contributed by atoms with Crippen LogP contribution in [0, 0.1) is 23.2 Å². The van der Waals surface area contributed by atoms with Crippen LogP contribution in [0.5, 0.6) is 0 Å². The van der Waals surface area contributed by atoms with E-state index in [1.54, 1.807) is 7.11 Å². The Balaban J connectivity index is 1.85. The van der Waals surface area contributed by atoms with Gasteiger partial charge in [0.05, 0.1) is 13.2 Å². The lowest BCUT2D eigenvalue weighted by Crippen LogP contribution is -2.58. The summed E-state index contributed by atoms with van der Waals surface area (Å²) in [5.41, 5.74) is 6.52. The van der Waals surface area contributed by atoms with Crippen molar-refractivity contribution in [3.05, 3.63) is 0 Å². The lowest BCUT2D eigenvalue weighted by molar-refractivity contribution is -0.200. The molecule has 0 amide bonds. The molecule has 3 heteroatoms. The number of hydroxylamine groups is 2. The topological polar surface area (TPSA) is 38.5 Å². The highest BCUT2D eigenvalue weighted by atomic mass is 16.7. The van der Waals surface area contributed by atoms with Crippen molar-refractivity contribution in [3.63, 3.8) is 0 Å². The number of rotatable bonds is 4. The molecule has 0 aliphatic heterocycles. The summed E-state index contributed by atoms with van der Waals surface area (Å²) in [6.07, 6.45) is 8.67. The van der Waals surface area contributed by atoms with Gasteiger partial charge >= 0.3 is 0 Å². The third kappa shape index (κ3) is 1.83. The van der Waals surface area contributed by atoms with Gasteiger partial charge in [0.2, 0.25) is 0 Å². The van der Waals surface area contributed by atoms with Crippen LogP contribution in [-0.2, 0) is 4.84 Å². The van der Waals surface area contributed by atoms with Crippen LogP contribution < -0.4 is 5.73 Å². The Morgan fingerprint density at radius 2 is 1.65 bits per heavy atom. The molecule has 0 saturated heterocycles. The van der Waals surface area contributed by atoms with Crippen LogP contribution in [0.3, 0.4) is 0 Å². The Labute approximate surface area is 105 Å². The fourth-order valence-electron chi connectivity index (χ4n) is 5.50. The van der Waals surface area contributed by atoms with E-state index in [-0.39, 0.29) is 0 Å². The van der Waals surface area contributed by atoms with Gasteiger partial charge in [-0.15, -0.1) is 0 Å². The average molecular weight is 238 g/mol. The Bertz CT molecular complexity index is 257. The molecule has 0 aromatic rings. The second-order valence-electron chi connectivity index (χ2n) is 6.76. The average Bonchev–Trinajstić information content (AvgIpc) is 2.27. The van der Waals surface area contributed by atoms with E-state index in [0.29, 0.717) is 11.5 Å². The summed E-state index contributed by atoms with van der Waals surface area (Å²) in [6.45, 7) is 0.733. The summed E-state index contributed by atoms with van der Waals surface area (Å²) >= 11 is 0. The maximum atomic E-state index is 6.05. The quantitative estimate of drug-likeness (QED) is 0.762. The van der Waals surface area contributed by atoms with Crippen molar-refractivity contribution in [2.24, 2.45) is 28.9 Å². The first-order chi connectivity index (χ1) is 8.16. The SMILES string of the molecule is CON(C)C(CN)C12CC3CC(CC(C3)C1)C2. The van der Waals surface area contributed by atoms with Gasteiger partial charge in [-0.2, -0.15) is 5.06 Å². The van der Waals surface area contributed by atoms with Crippen molar-refractivity contribution in [1.29, 1.82) is 0 Å².